The van der Waals surface area contributed by atoms with Crippen LogP contribution in [0.1, 0.15) is 0 Å². The number of carbonyl (C=O) groups is 1. The predicted molar refractivity (Wildman–Crippen MR) is 93.5 cm³/mol. The van der Waals surface area contributed by atoms with E-state index in [0.29, 0.717) is 36.9 Å². The Balaban J connectivity index is 2.08. The van der Waals surface area contributed by atoms with Gasteiger partial charge >= 0.3 is 6.03 Å². The molecule has 7 heteroatoms. The van der Waals surface area contributed by atoms with Gasteiger partial charge in [-0.15, -0.1) is 6.58 Å². The second kappa shape index (κ2) is 8.33. The van der Waals surface area contributed by atoms with Crippen molar-refractivity contribution in [2.24, 2.45) is 0 Å². The maximum absolute atomic E-state index is 12.0. The van der Waals surface area contributed by atoms with E-state index in [4.69, 9.17) is 14.2 Å². The molecule has 1 fully saturated rings. The average Bonchev–Trinajstić information content (AvgIpc) is 2.64. The second-order valence-electron chi connectivity index (χ2n) is 5.33. The summed E-state index contributed by atoms with van der Waals surface area (Å²) in [6, 6.07) is 3.79. The molecule has 1 aromatic carbocycles. The number of nitrogens with one attached hydrogen (secondary N) is 1. The van der Waals surface area contributed by atoms with E-state index in [-0.39, 0.29) is 6.03 Å². The molecule has 0 aromatic heterocycles. The van der Waals surface area contributed by atoms with E-state index in [9.17, 15) is 4.79 Å². The van der Waals surface area contributed by atoms with Gasteiger partial charge in [0.2, 0.25) is 5.75 Å². The highest BCUT2D eigenvalue weighted by molar-refractivity contribution is 5.74. The third kappa shape index (κ3) is 3.84. The molecule has 0 aliphatic carbocycles. The van der Waals surface area contributed by atoms with Gasteiger partial charge in [0.1, 0.15) is 0 Å². The molecule has 1 N–H and O–H groups in total. The Morgan fingerprint density at radius 2 is 1.71 bits per heavy atom. The molecule has 2 amide bonds. The number of amides is 2. The van der Waals surface area contributed by atoms with Crippen LogP contribution in [0.5, 0.6) is 17.2 Å². The highest BCUT2D eigenvalue weighted by atomic mass is 16.5. The van der Waals surface area contributed by atoms with Gasteiger partial charge in [-0.3, -0.25) is 0 Å². The maximum atomic E-state index is 12.0. The summed E-state index contributed by atoms with van der Waals surface area (Å²) < 4.78 is 16.1. The van der Waals surface area contributed by atoms with Gasteiger partial charge in [-0.25, -0.2) is 4.79 Å². The Kier molecular flexibility index (Phi) is 6.17. The van der Waals surface area contributed by atoms with Crippen LogP contribution < -0.4 is 24.4 Å². The van der Waals surface area contributed by atoms with Crippen molar-refractivity contribution in [3.63, 3.8) is 0 Å². The van der Waals surface area contributed by atoms with Gasteiger partial charge in [-0.2, -0.15) is 0 Å². The van der Waals surface area contributed by atoms with E-state index < -0.39 is 0 Å². The van der Waals surface area contributed by atoms with Crippen molar-refractivity contribution in [3.05, 3.63) is 24.8 Å². The van der Waals surface area contributed by atoms with E-state index >= 15 is 0 Å². The van der Waals surface area contributed by atoms with Crippen LogP contribution >= 0.6 is 0 Å². The van der Waals surface area contributed by atoms with Crippen molar-refractivity contribution in [1.29, 1.82) is 0 Å². The van der Waals surface area contributed by atoms with E-state index in [0.717, 1.165) is 18.8 Å². The Labute approximate surface area is 142 Å². The fourth-order valence-corrected chi connectivity index (χ4v) is 2.69. The van der Waals surface area contributed by atoms with Gasteiger partial charge in [-0.05, 0) is 0 Å². The van der Waals surface area contributed by atoms with Crippen molar-refractivity contribution in [2.45, 2.75) is 0 Å². The predicted octanol–water partition coefficient (Wildman–Crippen LogP) is 1.73. The minimum atomic E-state index is -0.0561. The third-order valence-electron chi connectivity index (χ3n) is 3.98. The molecule has 1 aliphatic heterocycles. The molecule has 0 atom stereocenters. The van der Waals surface area contributed by atoms with Crippen LogP contribution in [-0.4, -0.2) is 65.0 Å². The smallest absolute Gasteiger partial charge is 0.317 e. The van der Waals surface area contributed by atoms with Gasteiger partial charge in [0, 0.05) is 50.5 Å². The normalized spacial score (nSPS) is 14.1. The fraction of sp³-hybridized carbons (Fsp3) is 0.471. The third-order valence-corrected chi connectivity index (χ3v) is 3.98. The molecule has 2 rings (SSSR count). The van der Waals surface area contributed by atoms with E-state index in [1.54, 1.807) is 32.3 Å². The summed E-state index contributed by atoms with van der Waals surface area (Å²) in [6.07, 6.45) is 1.67. The summed E-state index contributed by atoms with van der Waals surface area (Å²) >= 11 is 0. The minimum Gasteiger partial charge on any atom is -0.493 e. The number of anilines is 1. The molecular weight excluding hydrogens is 310 g/mol. The zero-order valence-electron chi connectivity index (χ0n) is 14.5. The van der Waals surface area contributed by atoms with Gasteiger partial charge in [0.15, 0.2) is 11.5 Å². The summed E-state index contributed by atoms with van der Waals surface area (Å²) in [5.74, 6) is 1.82. The molecule has 0 spiro atoms. The van der Waals surface area contributed by atoms with Crippen LogP contribution in [0.3, 0.4) is 0 Å². The zero-order valence-corrected chi connectivity index (χ0v) is 14.5. The van der Waals surface area contributed by atoms with Crippen molar-refractivity contribution in [2.75, 3.05) is 59.0 Å². The summed E-state index contributed by atoms with van der Waals surface area (Å²) in [5, 5.41) is 2.80. The maximum Gasteiger partial charge on any atom is 0.317 e. The molecule has 132 valence electrons. The molecule has 1 heterocycles. The van der Waals surface area contributed by atoms with Crippen LogP contribution in [0.25, 0.3) is 0 Å². The van der Waals surface area contributed by atoms with Gasteiger partial charge < -0.3 is 29.3 Å². The average molecular weight is 335 g/mol. The first-order valence-corrected chi connectivity index (χ1v) is 7.83. The number of urea groups is 1. The first-order valence-electron chi connectivity index (χ1n) is 7.83. The van der Waals surface area contributed by atoms with Crippen molar-refractivity contribution >= 4 is 11.7 Å². The Bertz CT molecular complexity index is 558. The SMILES string of the molecule is C=CCNC(=O)N1CCN(c2cc(OC)c(OC)c(OC)c2)CC1. The molecular formula is C17H25N3O4. The van der Waals surface area contributed by atoms with Crippen molar-refractivity contribution in [3.8, 4) is 17.2 Å². The monoisotopic (exact) mass is 335 g/mol. The number of methoxy groups -OCH3 is 3. The molecule has 1 saturated heterocycles. The minimum absolute atomic E-state index is 0.0561. The summed E-state index contributed by atoms with van der Waals surface area (Å²) in [7, 11) is 4.78. The van der Waals surface area contributed by atoms with E-state index in [1.165, 1.54) is 0 Å². The summed E-state index contributed by atoms with van der Waals surface area (Å²) in [4.78, 5) is 16.0. The van der Waals surface area contributed by atoms with Crippen LogP contribution in [0.15, 0.2) is 24.8 Å². The number of carbonyl (C=O) groups excluding carboxylic acids is 1. The van der Waals surface area contributed by atoms with Gasteiger partial charge in [-0.1, -0.05) is 6.08 Å². The summed E-state index contributed by atoms with van der Waals surface area (Å²) in [5.41, 5.74) is 0.982. The van der Waals surface area contributed by atoms with Crippen molar-refractivity contribution in [1.82, 2.24) is 10.2 Å². The number of benzene rings is 1. The quantitative estimate of drug-likeness (QED) is 0.802. The van der Waals surface area contributed by atoms with Crippen LogP contribution in [0.4, 0.5) is 10.5 Å². The summed E-state index contributed by atoms with van der Waals surface area (Å²) in [6.45, 7) is 6.86. The van der Waals surface area contributed by atoms with Crippen LogP contribution in [-0.2, 0) is 0 Å². The first kappa shape index (κ1) is 17.8. The zero-order chi connectivity index (χ0) is 17.5. The molecule has 0 unspecified atom stereocenters. The highest BCUT2D eigenvalue weighted by Crippen LogP contribution is 2.41. The van der Waals surface area contributed by atoms with Crippen molar-refractivity contribution < 1.29 is 19.0 Å². The molecule has 0 radical (unpaired) electrons. The number of hydrogen-bond acceptors (Lipinski definition) is 5. The van der Waals surface area contributed by atoms with Crippen LogP contribution in [0.2, 0.25) is 0 Å². The molecule has 24 heavy (non-hydrogen) atoms. The lowest BCUT2D eigenvalue weighted by Gasteiger charge is -2.36. The number of piperazine rings is 1. The van der Waals surface area contributed by atoms with Gasteiger partial charge in [0.25, 0.3) is 0 Å². The topological polar surface area (TPSA) is 63.3 Å². The Morgan fingerprint density at radius 3 is 2.17 bits per heavy atom. The highest BCUT2D eigenvalue weighted by Gasteiger charge is 2.23. The van der Waals surface area contributed by atoms with E-state index in [1.807, 2.05) is 12.1 Å². The number of hydrogen-bond donors (Lipinski definition) is 1. The Hall–Kier alpha value is -2.57. The molecule has 0 saturated carbocycles. The second-order valence-corrected chi connectivity index (χ2v) is 5.33. The number of rotatable bonds is 6. The molecule has 1 aromatic rings. The van der Waals surface area contributed by atoms with E-state index in [2.05, 4.69) is 16.8 Å². The largest absolute Gasteiger partial charge is 0.493 e. The lowest BCUT2D eigenvalue weighted by atomic mass is 10.2. The first-order chi connectivity index (χ1) is 11.6. The fourth-order valence-electron chi connectivity index (χ4n) is 2.69. The van der Waals surface area contributed by atoms with Gasteiger partial charge in [0.05, 0.1) is 21.3 Å². The molecule has 7 nitrogen and oxygen atoms in total. The standard InChI is InChI=1S/C17H25N3O4/c1-5-6-18-17(21)20-9-7-19(8-10-20)13-11-14(22-2)16(24-4)15(12-13)23-3/h5,11-12H,1,6-10H2,2-4H3,(H,18,21). The molecule has 0 bridgehead atoms. The number of nitrogens with zero attached hydrogens (tertiary/aromatic N) is 2. The lowest BCUT2D eigenvalue weighted by molar-refractivity contribution is 0.195. The Morgan fingerprint density at radius 1 is 1.12 bits per heavy atom. The number of ether oxygens (including phenoxy) is 3. The molecule has 1 aliphatic rings. The van der Waals surface area contributed by atoms with Crippen LogP contribution in [0, 0.1) is 0 Å². The lowest BCUT2D eigenvalue weighted by Crippen LogP contribution is -2.51.